The zero-order chi connectivity index (χ0) is 14.8. The normalized spacial score (nSPS) is 11.3. The second-order valence-electron chi connectivity index (χ2n) is 5.67. The molecule has 2 aromatic rings. The summed E-state index contributed by atoms with van der Waals surface area (Å²) >= 11 is 0. The minimum absolute atomic E-state index is 0.0583. The van der Waals surface area contributed by atoms with Crippen molar-refractivity contribution in [2.24, 2.45) is 0 Å². The summed E-state index contributed by atoms with van der Waals surface area (Å²) in [5, 5.41) is 16.6. The van der Waals surface area contributed by atoms with E-state index in [0.717, 1.165) is 5.56 Å². The van der Waals surface area contributed by atoms with E-state index in [1.54, 1.807) is 24.4 Å². The van der Waals surface area contributed by atoms with Crippen LogP contribution in [0.25, 0.3) is 0 Å². The molecule has 1 heterocycles. The van der Waals surface area contributed by atoms with Gasteiger partial charge in [0.2, 0.25) is 0 Å². The molecule has 0 spiro atoms. The van der Waals surface area contributed by atoms with E-state index < -0.39 is 5.97 Å². The molecule has 1 aromatic heterocycles. The topological polar surface area (TPSA) is 67.2 Å². The third-order valence-electron chi connectivity index (χ3n) is 2.96. The first-order chi connectivity index (χ1) is 9.38. The van der Waals surface area contributed by atoms with Gasteiger partial charge in [-0.3, -0.25) is 4.68 Å². The highest BCUT2D eigenvalue weighted by atomic mass is 16.4. The Morgan fingerprint density at radius 3 is 2.65 bits per heavy atom. The van der Waals surface area contributed by atoms with Crippen molar-refractivity contribution in [2.45, 2.75) is 32.9 Å². The molecule has 0 atom stereocenters. The third kappa shape index (κ3) is 3.17. The van der Waals surface area contributed by atoms with Gasteiger partial charge >= 0.3 is 5.97 Å². The summed E-state index contributed by atoms with van der Waals surface area (Å²) in [7, 11) is 0. The first-order valence-electron chi connectivity index (χ1n) is 6.48. The predicted molar refractivity (Wildman–Crippen MR) is 78.0 cm³/mol. The molecule has 2 N–H and O–H groups in total. The van der Waals surface area contributed by atoms with Crippen LogP contribution in [0.3, 0.4) is 0 Å². The Bertz CT molecular complexity index is 612. The highest BCUT2D eigenvalue weighted by Crippen LogP contribution is 2.17. The lowest BCUT2D eigenvalue weighted by molar-refractivity contribution is 0.0698. The van der Waals surface area contributed by atoms with E-state index in [9.17, 15) is 4.79 Å². The van der Waals surface area contributed by atoms with Crippen LogP contribution in [-0.4, -0.2) is 20.9 Å². The lowest BCUT2D eigenvalue weighted by Crippen LogP contribution is -2.22. The van der Waals surface area contributed by atoms with Gasteiger partial charge in [-0.25, -0.2) is 4.79 Å². The van der Waals surface area contributed by atoms with Crippen LogP contribution in [0, 0.1) is 0 Å². The van der Waals surface area contributed by atoms with Crippen molar-refractivity contribution in [3.8, 4) is 0 Å². The standard InChI is InChI=1S/C15H19N3O2/c1-15(2,3)18-10-11(9-17-18)8-16-13-7-5-4-6-12(13)14(19)20/h4-7,9-10,16H,8H2,1-3H3,(H,19,20). The van der Waals surface area contributed by atoms with Crippen LogP contribution in [0.1, 0.15) is 36.7 Å². The SMILES string of the molecule is CC(C)(C)n1cc(CNc2ccccc2C(=O)O)cn1. The first kappa shape index (κ1) is 14.1. The van der Waals surface area contributed by atoms with Gasteiger partial charge in [-0.2, -0.15) is 5.10 Å². The molecule has 5 heteroatoms. The summed E-state index contributed by atoms with van der Waals surface area (Å²) in [6.45, 7) is 6.78. The van der Waals surface area contributed by atoms with Crippen LogP contribution < -0.4 is 5.32 Å². The summed E-state index contributed by atoms with van der Waals surface area (Å²) in [6, 6.07) is 6.88. The van der Waals surface area contributed by atoms with Crippen LogP contribution in [-0.2, 0) is 12.1 Å². The molecular weight excluding hydrogens is 254 g/mol. The number of aromatic nitrogens is 2. The molecule has 0 fully saturated rings. The molecule has 2 rings (SSSR count). The van der Waals surface area contributed by atoms with E-state index >= 15 is 0 Å². The number of anilines is 1. The van der Waals surface area contributed by atoms with Crippen molar-refractivity contribution in [2.75, 3.05) is 5.32 Å². The van der Waals surface area contributed by atoms with Gasteiger partial charge < -0.3 is 10.4 Å². The fraction of sp³-hybridized carbons (Fsp3) is 0.333. The third-order valence-corrected chi connectivity index (χ3v) is 2.96. The second kappa shape index (κ2) is 5.36. The second-order valence-corrected chi connectivity index (χ2v) is 5.67. The number of rotatable bonds is 4. The largest absolute Gasteiger partial charge is 0.478 e. The number of para-hydroxylation sites is 1. The molecular formula is C15H19N3O2. The number of benzene rings is 1. The zero-order valence-corrected chi connectivity index (χ0v) is 11.9. The Morgan fingerprint density at radius 1 is 1.35 bits per heavy atom. The average molecular weight is 273 g/mol. The van der Waals surface area contributed by atoms with Crippen molar-refractivity contribution < 1.29 is 9.90 Å². The molecule has 0 saturated heterocycles. The van der Waals surface area contributed by atoms with Crippen LogP contribution in [0.5, 0.6) is 0 Å². The Labute approximate surface area is 118 Å². The number of aromatic carboxylic acids is 1. The van der Waals surface area contributed by atoms with E-state index in [-0.39, 0.29) is 11.1 Å². The number of nitrogens with one attached hydrogen (secondary N) is 1. The Kier molecular flexibility index (Phi) is 3.79. The van der Waals surface area contributed by atoms with Gasteiger partial charge in [-0.1, -0.05) is 12.1 Å². The van der Waals surface area contributed by atoms with Gasteiger partial charge in [0.05, 0.1) is 17.3 Å². The summed E-state index contributed by atoms with van der Waals surface area (Å²) in [5.41, 5.74) is 1.84. The zero-order valence-electron chi connectivity index (χ0n) is 11.9. The molecule has 20 heavy (non-hydrogen) atoms. The van der Waals surface area contributed by atoms with Gasteiger partial charge in [-0.05, 0) is 32.9 Å². The number of carbonyl (C=O) groups is 1. The molecule has 0 amide bonds. The smallest absolute Gasteiger partial charge is 0.337 e. The minimum atomic E-state index is -0.932. The molecule has 0 aliphatic rings. The van der Waals surface area contributed by atoms with E-state index in [0.29, 0.717) is 12.2 Å². The molecule has 1 aromatic carbocycles. The minimum Gasteiger partial charge on any atom is -0.478 e. The average Bonchev–Trinajstić information content (AvgIpc) is 2.85. The fourth-order valence-corrected chi connectivity index (χ4v) is 1.84. The van der Waals surface area contributed by atoms with Gasteiger partial charge in [0, 0.05) is 24.0 Å². The molecule has 0 unspecified atom stereocenters. The van der Waals surface area contributed by atoms with Gasteiger partial charge in [0.25, 0.3) is 0 Å². The number of carboxylic acid groups (broad SMARTS) is 1. The first-order valence-corrected chi connectivity index (χ1v) is 6.48. The number of hydrogen-bond donors (Lipinski definition) is 2. The number of nitrogens with zero attached hydrogens (tertiary/aromatic N) is 2. The Balaban J connectivity index is 2.10. The maximum atomic E-state index is 11.1. The van der Waals surface area contributed by atoms with Crippen LogP contribution in [0.15, 0.2) is 36.7 Å². The van der Waals surface area contributed by atoms with Gasteiger partial charge in [0.1, 0.15) is 0 Å². The van der Waals surface area contributed by atoms with Crippen LogP contribution >= 0.6 is 0 Å². The van der Waals surface area contributed by atoms with Crippen molar-refractivity contribution in [3.63, 3.8) is 0 Å². The number of carboxylic acids is 1. The van der Waals surface area contributed by atoms with Crippen LogP contribution in [0.4, 0.5) is 5.69 Å². The molecule has 106 valence electrons. The number of hydrogen-bond acceptors (Lipinski definition) is 3. The summed E-state index contributed by atoms with van der Waals surface area (Å²) in [5.74, 6) is -0.932. The molecule has 0 radical (unpaired) electrons. The quantitative estimate of drug-likeness (QED) is 0.898. The van der Waals surface area contributed by atoms with E-state index in [1.165, 1.54) is 0 Å². The van der Waals surface area contributed by atoms with Gasteiger partial charge in [-0.15, -0.1) is 0 Å². The summed E-state index contributed by atoms with van der Waals surface area (Å²) in [4.78, 5) is 11.1. The highest BCUT2D eigenvalue weighted by Gasteiger charge is 2.14. The summed E-state index contributed by atoms with van der Waals surface area (Å²) in [6.07, 6.45) is 3.76. The van der Waals surface area contributed by atoms with Crippen molar-refractivity contribution in [1.29, 1.82) is 0 Å². The molecule has 5 nitrogen and oxygen atoms in total. The Hall–Kier alpha value is -2.30. The lowest BCUT2D eigenvalue weighted by atomic mass is 10.1. The van der Waals surface area contributed by atoms with Crippen LogP contribution in [0.2, 0.25) is 0 Å². The fourth-order valence-electron chi connectivity index (χ4n) is 1.84. The van der Waals surface area contributed by atoms with Crippen molar-refractivity contribution in [1.82, 2.24) is 9.78 Å². The van der Waals surface area contributed by atoms with Crippen molar-refractivity contribution in [3.05, 3.63) is 47.8 Å². The van der Waals surface area contributed by atoms with E-state index in [4.69, 9.17) is 5.11 Å². The van der Waals surface area contributed by atoms with E-state index in [2.05, 4.69) is 31.2 Å². The monoisotopic (exact) mass is 273 g/mol. The predicted octanol–water partition coefficient (Wildman–Crippen LogP) is 2.95. The molecule has 0 bridgehead atoms. The lowest BCUT2D eigenvalue weighted by Gasteiger charge is -2.18. The Morgan fingerprint density at radius 2 is 2.05 bits per heavy atom. The molecule has 0 saturated carbocycles. The maximum absolute atomic E-state index is 11.1. The van der Waals surface area contributed by atoms with E-state index in [1.807, 2.05) is 16.9 Å². The van der Waals surface area contributed by atoms with Crippen molar-refractivity contribution >= 4 is 11.7 Å². The van der Waals surface area contributed by atoms with Gasteiger partial charge in [0.15, 0.2) is 0 Å². The maximum Gasteiger partial charge on any atom is 0.337 e. The summed E-state index contributed by atoms with van der Waals surface area (Å²) < 4.78 is 1.90. The molecule has 0 aliphatic heterocycles. The highest BCUT2D eigenvalue weighted by molar-refractivity contribution is 5.94. The molecule has 0 aliphatic carbocycles.